The minimum Gasteiger partial charge on any atom is -0.481 e. The molecule has 1 aromatic carbocycles. The van der Waals surface area contributed by atoms with E-state index in [9.17, 15) is 14.7 Å². The molecule has 128 valence electrons. The van der Waals surface area contributed by atoms with Crippen molar-refractivity contribution in [2.24, 2.45) is 5.41 Å². The van der Waals surface area contributed by atoms with Gasteiger partial charge in [-0.15, -0.1) is 6.58 Å². The molecule has 2 aliphatic heterocycles. The average Bonchev–Trinajstić information content (AvgIpc) is 2.61. The van der Waals surface area contributed by atoms with E-state index in [4.69, 9.17) is 0 Å². The molecule has 2 N–H and O–H groups in total. The number of aliphatic carboxylic acids is 1. The van der Waals surface area contributed by atoms with Gasteiger partial charge in [-0.3, -0.25) is 9.59 Å². The molecule has 24 heavy (non-hydrogen) atoms. The fourth-order valence-electron chi connectivity index (χ4n) is 3.87. The summed E-state index contributed by atoms with van der Waals surface area (Å²) < 4.78 is 0. The number of rotatable bonds is 4. The molecule has 0 spiro atoms. The molecule has 1 aromatic rings. The maximum atomic E-state index is 13.1. The van der Waals surface area contributed by atoms with Crippen LogP contribution >= 0.6 is 0 Å². The van der Waals surface area contributed by atoms with Gasteiger partial charge in [0.15, 0.2) is 0 Å². The Morgan fingerprint density at radius 2 is 2.21 bits per heavy atom. The van der Waals surface area contributed by atoms with Gasteiger partial charge in [0.05, 0.1) is 16.7 Å². The third-order valence-electron chi connectivity index (χ3n) is 5.16. The van der Waals surface area contributed by atoms with Gasteiger partial charge in [0.1, 0.15) is 0 Å². The van der Waals surface area contributed by atoms with E-state index in [-0.39, 0.29) is 12.5 Å². The van der Waals surface area contributed by atoms with Gasteiger partial charge < -0.3 is 15.3 Å². The second-order valence-corrected chi connectivity index (χ2v) is 6.78. The lowest BCUT2D eigenvalue weighted by Gasteiger charge is -2.39. The van der Waals surface area contributed by atoms with Gasteiger partial charge in [-0.1, -0.05) is 18.2 Å². The van der Waals surface area contributed by atoms with E-state index in [2.05, 4.69) is 11.9 Å². The lowest BCUT2D eigenvalue weighted by atomic mass is 9.77. The molecule has 1 atom stereocenters. The zero-order valence-electron chi connectivity index (χ0n) is 13.9. The van der Waals surface area contributed by atoms with E-state index in [1.54, 1.807) is 11.0 Å². The van der Waals surface area contributed by atoms with Gasteiger partial charge >= 0.3 is 5.97 Å². The smallest absolute Gasteiger partial charge is 0.311 e. The van der Waals surface area contributed by atoms with Crippen LogP contribution in [-0.4, -0.2) is 41.5 Å². The standard InChI is InChI=1S/C19H24N2O3/c1-2-9-19(18(23)24)10-5-12-21(13-19)17(22)15-8-3-6-14-7-4-11-20-16(14)15/h2-3,6,8,20H,1,4-5,7,9-13H2,(H,23,24)/t19-/m0/s1. The number of amides is 1. The van der Waals surface area contributed by atoms with Crippen molar-refractivity contribution in [1.29, 1.82) is 0 Å². The van der Waals surface area contributed by atoms with E-state index in [0.717, 1.165) is 25.1 Å². The Labute approximate surface area is 142 Å². The first-order valence-electron chi connectivity index (χ1n) is 8.57. The van der Waals surface area contributed by atoms with Gasteiger partial charge in [-0.2, -0.15) is 0 Å². The zero-order chi connectivity index (χ0) is 17.2. The number of nitrogens with one attached hydrogen (secondary N) is 1. The van der Waals surface area contributed by atoms with Crippen LogP contribution in [0.15, 0.2) is 30.9 Å². The number of anilines is 1. The molecule has 5 nitrogen and oxygen atoms in total. The van der Waals surface area contributed by atoms with E-state index >= 15 is 0 Å². The first-order valence-corrected chi connectivity index (χ1v) is 8.57. The number of allylic oxidation sites excluding steroid dienone is 1. The number of hydrogen-bond acceptors (Lipinski definition) is 3. The van der Waals surface area contributed by atoms with Crippen molar-refractivity contribution in [2.75, 3.05) is 25.0 Å². The molecular weight excluding hydrogens is 304 g/mol. The number of carbonyl (C=O) groups excluding carboxylic acids is 1. The molecule has 1 amide bonds. The predicted octanol–water partition coefficient (Wildman–Crippen LogP) is 2.93. The van der Waals surface area contributed by atoms with Crippen molar-refractivity contribution < 1.29 is 14.7 Å². The lowest BCUT2D eigenvalue weighted by molar-refractivity contribution is -0.151. The number of aryl methyl sites for hydroxylation is 1. The van der Waals surface area contributed by atoms with Crippen molar-refractivity contribution >= 4 is 17.6 Å². The summed E-state index contributed by atoms with van der Waals surface area (Å²) in [4.78, 5) is 26.6. The molecule has 0 radical (unpaired) electrons. The Morgan fingerprint density at radius 3 is 2.96 bits per heavy atom. The van der Waals surface area contributed by atoms with Crippen LogP contribution in [0.3, 0.4) is 0 Å². The molecule has 5 heteroatoms. The van der Waals surface area contributed by atoms with Gasteiger partial charge in [0.2, 0.25) is 0 Å². The number of carboxylic acids is 1. The SMILES string of the molecule is C=CC[C@]1(C(=O)O)CCCN(C(=O)c2cccc3c2NCCC3)C1. The van der Waals surface area contributed by atoms with Crippen molar-refractivity contribution in [3.05, 3.63) is 42.0 Å². The van der Waals surface area contributed by atoms with Crippen LogP contribution in [0.5, 0.6) is 0 Å². The molecule has 0 unspecified atom stereocenters. The first-order chi connectivity index (χ1) is 11.6. The summed E-state index contributed by atoms with van der Waals surface area (Å²) >= 11 is 0. The number of carbonyl (C=O) groups is 2. The maximum Gasteiger partial charge on any atom is 0.311 e. The van der Waals surface area contributed by atoms with Crippen LogP contribution in [0.25, 0.3) is 0 Å². The third-order valence-corrected chi connectivity index (χ3v) is 5.16. The molecule has 1 fully saturated rings. The van der Waals surface area contributed by atoms with Crippen molar-refractivity contribution in [3.8, 4) is 0 Å². The number of piperidine rings is 1. The number of likely N-dealkylation sites (tertiary alicyclic amines) is 1. The molecule has 0 saturated carbocycles. The highest BCUT2D eigenvalue weighted by Crippen LogP contribution is 2.36. The topological polar surface area (TPSA) is 69.6 Å². The number of nitrogens with zero attached hydrogens (tertiary/aromatic N) is 1. The summed E-state index contributed by atoms with van der Waals surface area (Å²) in [5.74, 6) is -0.913. The van der Waals surface area contributed by atoms with E-state index < -0.39 is 11.4 Å². The van der Waals surface area contributed by atoms with Crippen LogP contribution in [0, 0.1) is 5.41 Å². The number of fused-ring (bicyclic) bond motifs is 1. The quantitative estimate of drug-likeness (QED) is 0.834. The minimum absolute atomic E-state index is 0.0735. The summed E-state index contributed by atoms with van der Waals surface area (Å²) in [5, 5.41) is 13.0. The Bertz CT molecular complexity index is 671. The van der Waals surface area contributed by atoms with E-state index in [0.29, 0.717) is 31.4 Å². The molecule has 3 rings (SSSR count). The number of carboxylic acid groups (broad SMARTS) is 1. The highest BCUT2D eigenvalue weighted by atomic mass is 16.4. The van der Waals surface area contributed by atoms with Crippen LogP contribution in [0.2, 0.25) is 0 Å². The predicted molar refractivity (Wildman–Crippen MR) is 93.3 cm³/mol. The van der Waals surface area contributed by atoms with E-state index in [1.807, 2.05) is 18.2 Å². The largest absolute Gasteiger partial charge is 0.481 e. The molecule has 0 bridgehead atoms. The Kier molecular flexibility index (Phi) is 4.60. The number of para-hydroxylation sites is 1. The van der Waals surface area contributed by atoms with Crippen LogP contribution < -0.4 is 5.32 Å². The molecule has 2 aliphatic rings. The maximum absolute atomic E-state index is 13.1. The van der Waals surface area contributed by atoms with Crippen molar-refractivity contribution in [1.82, 2.24) is 4.90 Å². The van der Waals surface area contributed by atoms with Crippen LogP contribution in [0.4, 0.5) is 5.69 Å². The number of hydrogen-bond donors (Lipinski definition) is 2. The Morgan fingerprint density at radius 1 is 1.38 bits per heavy atom. The third kappa shape index (κ3) is 2.90. The molecule has 0 aromatic heterocycles. The Balaban J connectivity index is 1.88. The fourth-order valence-corrected chi connectivity index (χ4v) is 3.87. The molecular formula is C19H24N2O3. The van der Waals surface area contributed by atoms with Crippen molar-refractivity contribution in [3.63, 3.8) is 0 Å². The highest BCUT2D eigenvalue weighted by molar-refractivity contribution is 6.00. The highest BCUT2D eigenvalue weighted by Gasteiger charge is 2.43. The summed E-state index contributed by atoms with van der Waals surface area (Å²) in [6.45, 7) is 5.41. The summed E-state index contributed by atoms with van der Waals surface area (Å²) in [6.07, 6.45) is 5.36. The Hall–Kier alpha value is -2.30. The molecule has 0 aliphatic carbocycles. The van der Waals surface area contributed by atoms with Gasteiger partial charge in [0, 0.05) is 19.6 Å². The summed E-state index contributed by atoms with van der Waals surface area (Å²) in [6, 6.07) is 5.80. The van der Waals surface area contributed by atoms with E-state index in [1.165, 1.54) is 5.56 Å². The molecule has 1 saturated heterocycles. The average molecular weight is 328 g/mol. The second kappa shape index (κ2) is 6.67. The fraction of sp³-hybridized carbons (Fsp3) is 0.474. The van der Waals surface area contributed by atoms with Crippen LogP contribution in [-0.2, 0) is 11.2 Å². The molecule has 2 heterocycles. The monoisotopic (exact) mass is 328 g/mol. The number of benzene rings is 1. The minimum atomic E-state index is -0.905. The first kappa shape index (κ1) is 16.6. The van der Waals surface area contributed by atoms with Gasteiger partial charge in [-0.25, -0.2) is 0 Å². The lowest BCUT2D eigenvalue weighted by Crippen LogP contribution is -2.49. The van der Waals surface area contributed by atoms with Crippen molar-refractivity contribution in [2.45, 2.75) is 32.1 Å². The summed E-state index contributed by atoms with van der Waals surface area (Å²) in [5.41, 5.74) is 1.84. The normalized spacial score (nSPS) is 23.1. The second-order valence-electron chi connectivity index (χ2n) is 6.78. The van der Waals surface area contributed by atoms with Gasteiger partial charge in [-0.05, 0) is 43.7 Å². The van der Waals surface area contributed by atoms with Crippen LogP contribution in [0.1, 0.15) is 41.6 Å². The van der Waals surface area contributed by atoms with Gasteiger partial charge in [0.25, 0.3) is 5.91 Å². The summed E-state index contributed by atoms with van der Waals surface area (Å²) in [7, 11) is 0. The zero-order valence-corrected chi connectivity index (χ0v) is 13.9.